The Kier molecular flexibility index (Phi) is 3.14. The third kappa shape index (κ3) is 1.77. The van der Waals surface area contributed by atoms with Crippen molar-refractivity contribution in [1.82, 2.24) is 10.0 Å². The van der Waals surface area contributed by atoms with Gasteiger partial charge in [0.15, 0.2) is 5.70 Å². The van der Waals surface area contributed by atoms with Crippen molar-refractivity contribution in [3.8, 4) is 6.07 Å². The molecule has 2 aliphatic rings. The molecule has 2 rings (SSSR count). The van der Waals surface area contributed by atoms with E-state index < -0.39 is 17.9 Å². The average molecular weight is 248 g/mol. The minimum absolute atomic E-state index is 0.0229. The highest BCUT2D eigenvalue weighted by molar-refractivity contribution is 5.98. The molecule has 2 N–H and O–H groups in total. The molecule has 0 aliphatic carbocycles. The molecule has 2 aliphatic heterocycles. The van der Waals surface area contributed by atoms with Gasteiger partial charge in [0, 0.05) is 6.54 Å². The Balaban J connectivity index is 2.29. The predicted molar refractivity (Wildman–Crippen MR) is 60.2 cm³/mol. The van der Waals surface area contributed by atoms with Gasteiger partial charge in [-0.1, -0.05) is 12.7 Å². The first-order chi connectivity index (χ1) is 8.60. The van der Waals surface area contributed by atoms with Crippen molar-refractivity contribution in [2.24, 2.45) is 5.73 Å². The zero-order valence-corrected chi connectivity index (χ0v) is 9.63. The van der Waals surface area contributed by atoms with Crippen molar-refractivity contribution in [2.75, 3.05) is 19.7 Å². The lowest BCUT2D eigenvalue weighted by atomic mass is 10.2. The first-order valence-electron chi connectivity index (χ1n) is 5.35. The number of rotatable bonds is 3. The van der Waals surface area contributed by atoms with Crippen LogP contribution in [0, 0.1) is 11.3 Å². The molecule has 1 fully saturated rings. The van der Waals surface area contributed by atoms with Gasteiger partial charge in [-0.15, -0.1) is 0 Å². The third-order valence-corrected chi connectivity index (χ3v) is 2.72. The summed E-state index contributed by atoms with van der Waals surface area (Å²) in [6.07, 6.45) is 1.41. The molecule has 7 heteroatoms. The van der Waals surface area contributed by atoms with Crippen molar-refractivity contribution >= 4 is 11.9 Å². The number of carbonyl (C=O) groups is 2. The van der Waals surface area contributed by atoms with Crippen LogP contribution in [0.1, 0.15) is 0 Å². The number of nitrogens with zero attached hydrogens (tertiary/aromatic N) is 3. The molecule has 0 spiro atoms. The van der Waals surface area contributed by atoms with Gasteiger partial charge in [0.2, 0.25) is 0 Å². The maximum atomic E-state index is 11.8. The topological polar surface area (TPSA) is 99.7 Å². The van der Waals surface area contributed by atoms with E-state index in [4.69, 9.17) is 15.7 Å². The molecule has 0 radical (unpaired) electrons. The van der Waals surface area contributed by atoms with Crippen molar-refractivity contribution < 1.29 is 14.3 Å². The second-order valence-electron chi connectivity index (χ2n) is 3.93. The molecule has 2 heterocycles. The van der Waals surface area contributed by atoms with Gasteiger partial charge in [-0.2, -0.15) is 5.26 Å². The molecule has 0 aromatic rings. The van der Waals surface area contributed by atoms with Crippen molar-refractivity contribution in [3.63, 3.8) is 0 Å². The average Bonchev–Trinajstić information content (AvgIpc) is 2.84. The number of hydrogen-bond donors (Lipinski definition) is 1. The van der Waals surface area contributed by atoms with E-state index in [1.54, 1.807) is 5.01 Å². The van der Waals surface area contributed by atoms with Crippen molar-refractivity contribution in [3.05, 3.63) is 23.9 Å². The summed E-state index contributed by atoms with van der Waals surface area (Å²) >= 11 is 0. The fraction of sp³-hybridized carbons (Fsp3) is 0.364. The number of amides is 1. The standard InChI is InChI=1S/C11H12N4O3/c1-2-3-18-11(17)9-7(4-12)5-14-6-8(13)10(16)15(9)14/h2,8H,1,3,5-6,13H2. The Hall–Kier alpha value is -2.17. The van der Waals surface area contributed by atoms with E-state index in [0.717, 1.165) is 5.01 Å². The second-order valence-corrected chi connectivity index (χ2v) is 3.93. The molecule has 1 unspecified atom stereocenters. The summed E-state index contributed by atoms with van der Waals surface area (Å²) < 4.78 is 4.87. The number of fused-ring (bicyclic) bond motifs is 1. The number of hydrogen-bond acceptors (Lipinski definition) is 6. The highest BCUT2D eigenvalue weighted by Crippen LogP contribution is 2.28. The molecule has 0 aromatic heterocycles. The summed E-state index contributed by atoms with van der Waals surface area (Å²) in [5, 5.41) is 11.7. The fourth-order valence-corrected chi connectivity index (χ4v) is 1.96. The summed E-state index contributed by atoms with van der Waals surface area (Å²) in [4.78, 5) is 23.7. The fourth-order valence-electron chi connectivity index (χ4n) is 1.96. The van der Waals surface area contributed by atoms with Crippen molar-refractivity contribution in [2.45, 2.75) is 6.04 Å². The Bertz CT molecular complexity index is 491. The number of nitrogens with two attached hydrogens (primary N) is 1. The Labute approximate surface area is 104 Å². The van der Waals surface area contributed by atoms with E-state index >= 15 is 0 Å². The van der Waals surface area contributed by atoms with Crippen LogP contribution in [0.2, 0.25) is 0 Å². The molecule has 1 saturated heterocycles. The maximum Gasteiger partial charge on any atom is 0.357 e. The summed E-state index contributed by atoms with van der Waals surface area (Å²) in [6.45, 7) is 3.94. The van der Waals surface area contributed by atoms with Gasteiger partial charge < -0.3 is 10.5 Å². The highest BCUT2D eigenvalue weighted by Gasteiger charge is 2.46. The number of esters is 1. The van der Waals surface area contributed by atoms with Gasteiger partial charge in [-0.05, 0) is 0 Å². The third-order valence-electron chi connectivity index (χ3n) is 2.72. The van der Waals surface area contributed by atoms with Gasteiger partial charge in [-0.25, -0.2) is 14.8 Å². The predicted octanol–water partition coefficient (Wildman–Crippen LogP) is -1.11. The van der Waals surface area contributed by atoms with E-state index in [-0.39, 0.29) is 24.4 Å². The van der Waals surface area contributed by atoms with E-state index in [0.29, 0.717) is 6.54 Å². The molecule has 7 nitrogen and oxygen atoms in total. The molecule has 0 aromatic carbocycles. The minimum Gasteiger partial charge on any atom is -0.457 e. The quantitative estimate of drug-likeness (QED) is 0.502. The Morgan fingerprint density at radius 1 is 1.72 bits per heavy atom. The van der Waals surface area contributed by atoms with Crippen LogP contribution >= 0.6 is 0 Å². The molecular weight excluding hydrogens is 236 g/mol. The summed E-state index contributed by atoms with van der Waals surface area (Å²) in [5.41, 5.74) is 5.79. The Morgan fingerprint density at radius 2 is 2.44 bits per heavy atom. The first kappa shape index (κ1) is 12.3. The largest absolute Gasteiger partial charge is 0.457 e. The van der Waals surface area contributed by atoms with Crippen LogP contribution in [0.25, 0.3) is 0 Å². The van der Waals surface area contributed by atoms with Gasteiger partial charge in [0.1, 0.15) is 12.6 Å². The first-order valence-corrected chi connectivity index (χ1v) is 5.35. The maximum absolute atomic E-state index is 11.8. The molecular formula is C11H12N4O3. The summed E-state index contributed by atoms with van der Waals surface area (Å²) in [7, 11) is 0. The smallest absolute Gasteiger partial charge is 0.357 e. The van der Waals surface area contributed by atoms with E-state index in [1.165, 1.54) is 6.08 Å². The summed E-state index contributed by atoms with van der Waals surface area (Å²) in [6, 6.07) is 1.24. The van der Waals surface area contributed by atoms with E-state index in [9.17, 15) is 9.59 Å². The van der Waals surface area contributed by atoms with Crippen LogP contribution in [-0.2, 0) is 14.3 Å². The van der Waals surface area contributed by atoms with Gasteiger partial charge in [0.25, 0.3) is 5.91 Å². The van der Waals surface area contributed by atoms with Gasteiger partial charge >= 0.3 is 5.97 Å². The zero-order valence-electron chi connectivity index (χ0n) is 9.63. The molecule has 0 saturated carbocycles. The number of carbonyl (C=O) groups excluding carboxylic acids is 2. The van der Waals surface area contributed by atoms with Gasteiger partial charge in [-0.3, -0.25) is 4.79 Å². The molecule has 94 valence electrons. The van der Waals surface area contributed by atoms with Crippen LogP contribution < -0.4 is 5.73 Å². The van der Waals surface area contributed by atoms with Crippen LogP contribution in [0.5, 0.6) is 0 Å². The normalized spacial score (nSPS) is 23.0. The summed E-state index contributed by atoms with van der Waals surface area (Å²) in [5.74, 6) is -1.11. The van der Waals surface area contributed by atoms with Crippen LogP contribution in [0.4, 0.5) is 0 Å². The lowest BCUT2D eigenvalue weighted by Gasteiger charge is -2.20. The highest BCUT2D eigenvalue weighted by atomic mass is 16.5. The number of hydrazine groups is 1. The lowest BCUT2D eigenvalue weighted by molar-refractivity contribution is -0.146. The van der Waals surface area contributed by atoms with E-state index in [2.05, 4.69) is 6.58 Å². The second kappa shape index (κ2) is 4.60. The van der Waals surface area contributed by atoms with E-state index in [1.807, 2.05) is 6.07 Å². The number of nitriles is 1. The molecule has 1 amide bonds. The molecule has 18 heavy (non-hydrogen) atoms. The van der Waals surface area contributed by atoms with Crippen LogP contribution in [0.15, 0.2) is 23.9 Å². The minimum atomic E-state index is -0.712. The van der Waals surface area contributed by atoms with Crippen LogP contribution in [0.3, 0.4) is 0 Å². The SMILES string of the molecule is C=CCOC(=O)C1=C(C#N)CN2CC(N)C(=O)N12. The zero-order chi connectivity index (χ0) is 13.3. The van der Waals surface area contributed by atoms with Gasteiger partial charge in [0.05, 0.1) is 18.2 Å². The molecule has 0 bridgehead atoms. The monoisotopic (exact) mass is 248 g/mol. The Morgan fingerprint density at radius 3 is 3.06 bits per heavy atom. The number of ether oxygens (including phenoxy) is 1. The lowest BCUT2D eigenvalue weighted by Crippen LogP contribution is -2.37. The van der Waals surface area contributed by atoms with Crippen LogP contribution in [-0.4, -0.2) is 47.6 Å². The molecule has 1 atom stereocenters. The van der Waals surface area contributed by atoms with Crippen molar-refractivity contribution in [1.29, 1.82) is 5.26 Å².